The van der Waals surface area contributed by atoms with Gasteiger partial charge in [-0.2, -0.15) is 0 Å². The molecule has 0 aromatic carbocycles. The first kappa shape index (κ1) is 12.6. The summed E-state index contributed by atoms with van der Waals surface area (Å²) in [5, 5.41) is 3.08. The van der Waals surface area contributed by atoms with Gasteiger partial charge in [0, 0.05) is 51.0 Å². The molecule has 1 aliphatic carbocycles. The van der Waals surface area contributed by atoms with Crippen molar-refractivity contribution in [2.24, 2.45) is 18.9 Å². The highest BCUT2D eigenvalue weighted by Gasteiger charge is 2.54. The minimum atomic E-state index is -0.121. The summed E-state index contributed by atoms with van der Waals surface area (Å²) in [7, 11) is 3.50. The Labute approximate surface area is 112 Å². The van der Waals surface area contributed by atoms with Crippen molar-refractivity contribution >= 4 is 5.91 Å². The lowest BCUT2D eigenvalue weighted by Crippen LogP contribution is -2.62. The number of amides is 1. The summed E-state index contributed by atoms with van der Waals surface area (Å²) in [6.07, 6.45) is 4.65. The molecule has 4 atom stereocenters. The van der Waals surface area contributed by atoms with Crippen LogP contribution in [0.15, 0.2) is 12.4 Å². The summed E-state index contributed by atoms with van der Waals surface area (Å²) in [6, 6.07) is 0.136. The van der Waals surface area contributed by atoms with E-state index in [1.807, 2.05) is 7.05 Å². The molecule has 0 spiro atoms. The summed E-state index contributed by atoms with van der Waals surface area (Å²) in [5.41, 5.74) is 0. The van der Waals surface area contributed by atoms with Crippen LogP contribution in [0.2, 0.25) is 0 Å². The first-order valence-electron chi connectivity index (χ1n) is 6.61. The molecule has 1 saturated carbocycles. The Bertz CT molecular complexity index is 473. The third kappa shape index (κ3) is 2.04. The molecule has 0 radical (unpaired) electrons. The first-order valence-corrected chi connectivity index (χ1v) is 6.61. The molecule has 1 aromatic heterocycles. The van der Waals surface area contributed by atoms with Gasteiger partial charge in [0.1, 0.15) is 0 Å². The largest absolute Gasteiger partial charge is 0.384 e. The number of fused-ring (bicyclic) bond motifs is 1. The molecule has 2 heterocycles. The fourth-order valence-corrected chi connectivity index (χ4v) is 3.23. The van der Waals surface area contributed by atoms with E-state index < -0.39 is 0 Å². The zero-order valence-electron chi connectivity index (χ0n) is 11.2. The second kappa shape index (κ2) is 4.94. The van der Waals surface area contributed by atoms with Crippen LogP contribution in [0.1, 0.15) is 17.0 Å². The monoisotopic (exact) mass is 265 g/mol. The molecule has 0 unspecified atom stereocenters. The van der Waals surface area contributed by atoms with E-state index in [0.717, 1.165) is 13.0 Å². The lowest BCUT2D eigenvalue weighted by atomic mass is 9.67. The number of aryl methyl sites for hydroxylation is 1. The van der Waals surface area contributed by atoms with E-state index in [-0.39, 0.29) is 24.0 Å². The number of aromatic nitrogens is 2. The lowest BCUT2D eigenvalue weighted by molar-refractivity contribution is -0.0810. The highest BCUT2D eigenvalue weighted by molar-refractivity contribution is 5.91. The van der Waals surface area contributed by atoms with E-state index in [1.54, 1.807) is 24.1 Å². The number of rotatable bonds is 4. The number of nitrogens with zero attached hydrogens (tertiary/aromatic N) is 2. The van der Waals surface area contributed by atoms with Crippen molar-refractivity contribution < 1.29 is 14.3 Å². The van der Waals surface area contributed by atoms with Crippen molar-refractivity contribution in [3.05, 3.63) is 18.2 Å². The maximum atomic E-state index is 12.2. The maximum Gasteiger partial charge on any atom is 0.287 e. The van der Waals surface area contributed by atoms with Gasteiger partial charge < -0.3 is 19.4 Å². The summed E-state index contributed by atoms with van der Waals surface area (Å²) in [4.78, 5) is 16.3. The summed E-state index contributed by atoms with van der Waals surface area (Å²) >= 11 is 0. The Balaban J connectivity index is 1.68. The van der Waals surface area contributed by atoms with E-state index in [1.165, 1.54) is 0 Å². The molecule has 1 aromatic rings. The summed E-state index contributed by atoms with van der Waals surface area (Å²) in [6.45, 7) is 1.40. The molecule has 2 aliphatic rings. The Kier molecular flexibility index (Phi) is 3.28. The first-order chi connectivity index (χ1) is 9.22. The van der Waals surface area contributed by atoms with Crippen LogP contribution < -0.4 is 5.32 Å². The van der Waals surface area contributed by atoms with Crippen LogP contribution in [0.5, 0.6) is 0 Å². The number of hydrogen-bond acceptors (Lipinski definition) is 4. The number of nitrogens with one attached hydrogen (secondary N) is 1. The molecular weight excluding hydrogens is 246 g/mol. The highest BCUT2D eigenvalue weighted by Crippen LogP contribution is 2.43. The fraction of sp³-hybridized carbons (Fsp3) is 0.692. The molecular formula is C13H19N3O3. The molecule has 19 heavy (non-hydrogen) atoms. The normalized spacial score (nSPS) is 32.7. The Hall–Kier alpha value is -1.40. The van der Waals surface area contributed by atoms with Gasteiger partial charge in [-0.15, -0.1) is 0 Å². The van der Waals surface area contributed by atoms with Crippen molar-refractivity contribution in [3.8, 4) is 0 Å². The second-order valence-corrected chi connectivity index (χ2v) is 5.27. The molecule has 1 saturated heterocycles. The van der Waals surface area contributed by atoms with Crippen molar-refractivity contribution in [1.29, 1.82) is 0 Å². The van der Waals surface area contributed by atoms with E-state index in [4.69, 9.17) is 9.47 Å². The number of carbonyl (C=O) groups is 1. The van der Waals surface area contributed by atoms with Gasteiger partial charge in [-0.25, -0.2) is 4.98 Å². The van der Waals surface area contributed by atoms with Gasteiger partial charge in [0.25, 0.3) is 5.91 Å². The van der Waals surface area contributed by atoms with Gasteiger partial charge in [-0.3, -0.25) is 4.79 Å². The van der Waals surface area contributed by atoms with E-state index >= 15 is 0 Å². The van der Waals surface area contributed by atoms with Crippen LogP contribution in [0.4, 0.5) is 0 Å². The highest BCUT2D eigenvalue weighted by atomic mass is 16.5. The quantitative estimate of drug-likeness (QED) is 0.844. The molecule has 1 aliphatic heterocycles. The molecule has 104 valence electrons. The number of hydrogen-bond donors (Lipinski definition) is 1. The average molecular weight is 265 g/mol. The number of imidazole rings is 1. The second-order valence-electron chi connectivity index (χ2n) is 5.27. The lowest BCUT2D eigenvalue weighted by Gasteiger charge is -2.47. The molecule has 0 bridgehead atoms. The van der Waals surface area contributed by atoms with E-state index in [2.05, 4.69) is 10.3 Å². The SMILES string of the molecule is COC[C@@H]1[C@H](NC(=O)c2nccn2C)[C@@H]2CCO[C@H]12. The van der Waals surface area contributed by atoms with Crippen LogP contribution in [-0.4, -0.2) is 47.9 Å². The predicted octanol–water partition coefficient (Wildman–Crippen LogP) is 0.200. The third-order valence-electron chi connectivity index (χ3n) is 4.21. The van der Waals surface area contributed by atoms with Gasteiger partial charge in [-0.1, -0.05) is 0 Å². The minimum absolute atomic E-state index is 0.121. The van der Waals surface area contributed by atoms with Gasteiger partial charge in [0.2, 0.25) is 0 Å². The number of ether oxygens (including phenoxy) is 2. The zero-order valence-corrected chi connectivity index (χ0v) is 11.2. The van der Waals surface area contributed by atoms with Crippen LogP contribution >= 0.6 is 0 Å². The van der Waals surface area contributed by atoms with Crippen molar-refractivity contribution in [2.45, 2.75) is 18.6 Å². The standard InChI is InChI=1S/C13H19N3O3/c1-16-5-4-14-12(16)13(17)15-10-8-3-6-19-11(8)9(10)7-18-2/h4-5,8-11H,3,6-7H2,1-2H3,(H,15,17)/t8-,9+,10+,11-/m0/s1. The van der Waals surface area contributed by atoms with Gasteiger partial charge >= 0.3 is 0 Å². The Morgan fingerprint density at radius 1 is 1.68 bits per heavy atom. The third-order valence-corrected chi connectivity index (χ3v) is 4.21. The minimum Gasteiger partial charge on any atom is -0.384 e. The van der Waals surface area contributed by atoms with E-state index in [9.17, 15) is 4.79 Å². The smallest absolute Gasteiger partial charge is 0.287 e. The van der Waals surface area contributed by atoms with Crippen LogP contribution in [0, 0.1) is 11.8 Å². The average Bonchev–Trinajstić information content (AvgIpc) is 2.99. The molecule has 3 rings (SSSR count). The predicted molar refractivity (Wildman–Crippen MR) is 67.7 cm³/mol. The Morgan fingerprint density at radius 3 is 3.21 bits per heavy atom. The summed E-state index contributed by atoms with van der Waals surface area (Å²) < 4.78 is 12.6. The van der Waals surface area contributed by atoms with Gasteiger partial charge in [0.15, 0.2) is 5.82 Å². The van der Waals surface area contributed by atoms with Crippen molar-refractivity contribution in [2.75, 3.05) is 20.3 Å². The zero-order chi connectivity index (χ0) is 13.4. The topological polar surface area (TPSA) is 65.4 Å². The van der Waals surface area contributed by atoms with Crippen LogP contribution in [-0.2, 0) is 16.5 Å². The molecule has 2 fully saturated rings. The molecule has 1 N–H and O–H groups in total. The van der Waals surface area contributed by atoms with Crippen molar-refractivity contribution in [1.82, 2.24) is 14.9 Å². The Morgan fingerprint density at radius 2 is 2.53 bits per heavy atom. The van der Waals surface area contributed by atoms with Crippen LogP contribution in [0.25, 0.3) is 0 Å². The molecule has 6 heteroatoms. The summed E-state index contributed by atoms with van der Waals surface area (Å²) in [5.74, 6) is 0.994. The number of carbonyl (C=O) groups excluding carboxylic acids is 1. The van der Waals surface area contributed by atoms with E-state index in [0.29, 0.717) is 18.3 Å². The van der Waals surface area contributed by atoms with Gasteiger partial charge in [-0.05, 0) is 6.42 Å². The fourth-order valence-electron chi connectivity index (χ4n) is 3.23. The van der Waals surface area contributed by atoms with Gasteiger partial charge in [0.05, 0.1) is 12.7 Å². The van der Waals surface area contributed by atoms with Crippen LogP contribution in [0.3, 0.4) is 0 Å². The molecule has 6 nitrogen and oxygen atoms in total. The molecule has 1 amide bonds. The van der Waals surface area contributed by atoms with Crippen molar-refractivity contribution in [3.63, 3.8) is 0 Å². The number of methoxy groups -OCH3 is 1. The maximum absolute atomic E-state index is 12.2.